The summed E-state index contributed by atoms with van der Waals surface area (Å²) in [5.41, 5.74) is 0. The van der Waals surface area contributed by atoms with E-state index in [1.165, 1.54) is 19.3 Å². The Morgan fingerprint density at radius 3 is 2.41 bits per heavy atom. The van der Waals surface area contributed by atoms with Crippen molar-refractivity contribution in [3.63, 3.8) is 0 Å². The molecule has 7 nitrogen and oxygen atoms in total. The number of hydrogen-bond donors (Lipinski definition) is 3. The van der Waals surface area contributed by atoms with Crippen molar-refractivity contribution in [1.29, 1.82) is 0 Å². The average molecular weight is 429 g/mol. The van der Waals surface area contributed by atoms with Crippen molar-refractivity contribution in [2.45, 2.75) is 76.2 Å². The standard InChI is InChI=1S/C21H32O7S/c1-2-3-4-5-6-10-13-25-20-19(18(24)17(23)16(14-22)27-20)28-21(29)26-15-11-8-7-9-12-15/h7-9,11-12,16-20,22-24H,2-6,10,13-14H2,1H3/t16-,17-,18+,19-,20+/m1/s1. The Bertz CT molecular complexity index is 586. The van der Waals surface area contributed by atoms with Gasteiger partial charge >= 0.3 is 5.24 Å². The van der Waals surface area contributed by atoms with Crippen LogP contribution in [0.5, 0.6) is 5.75 Å². The molecular weight excluding hydrogens is 396 g/mol. The summed E-state index contributed by atoms with van der Waals surface area (Å²) < 4.78 is 22.4. The topological polar surface area (TPSA) is 97.6 Å². The highest BCUT2D eigenvalue weighted by molar-refractivity contribution is 7.79. The maximum Gasteiger partial charge on any atom is 0.358 e. The number of rotatable bonds is 11. The molecule has 2 rings (SSSR count). The van der Waals surface area contributed by atoms with Crippen LogP contribution in [0.1, 0.15) is 45.4 Å². The molecule has 29 heavy (non-hydrogen) atoms. The first-order valence-electron chi connectivity index (χ1n) is 10.2. The van der Waals surface area contributed by atoms with Gasteiger partial charge in [-0.2, -0.15) is 0 Å². The number of hydrogen-bond acceptors (Lipinski definition) is 8. The number of unbranched alkanes of at least 4 members (excludes halogenated alkanes) is 5. The van der Waals surface area contributed by atoms with Gasteiger partial charge in [0.1, 0.15) is 24.1 Å². The van der Waals surface area contributed by atoms with Crippen LogP contribution in [0.2, 0.25) is 0 Å². The molecule has 1 heterocycles. The third-order valence-corrected chi connectivity index (χ3v) is 4.96. The van der Waals surface area contributed by atoms with E-state index < -0.39 is 37.3 Å². The molecule has 1 aliphatic rings. The second kappa shape index (κ2) is 13.1. The fourth-order valence-corrected chi connectivity index (χ4v) is 3.33. The maximum absolute atomic E-state index is 10.5. The van der Waals surface area contributed by atoms with Crippen LogP contribution in [0.4, 0.5) is 0 Å². The highest BCUT2D eigenvalue weighted by atomic mass is 32.1. The number of aliphatic hydroxyl groups excluding tert-OH is 3. The van der Waals surface area contributed by atoms with Gasteiger partial charge in [0.05, 0.1) is 6.61 Å². The normalized spacial score (nSPS) is 26.8. The summed E-state index contributed by atoms with van der Waals surface area (Å²) in [7, 11) is 0. The molecule has 0 spiro atoms. The summed E-state index contributed by atoms with van der Waals surface area (Å²) in [6, 6.07) is 8.85. The highest BCUT2D eigenvalue weighted by Gasteiger charge is 2.47. The second-order valence-electron chi connectivity index (χ2n) is 7.09. The Kier molecular flexibility index (Phi) is 10.8. The minimum atomic E-state index is -1.35. The first-order valence-corrected chi connectivity index (χ1v) is 10.6. The molecule has 0 aliphatic carbocycles. The number of aliphatic hydroxyl groups is 3. The van der Waals surface area contributed by atoms with E-state index in [0.29, 0.717) is 12.4 Å². The smallest absolute Gasteiger partial charge is 0.358 e. The maximum atomic E-state index is 10.5. The monoisotopic (exact) mass is 428 g/mol. The van der Waals surface area contributed by atoms with E-state index in [4.69, 9.17) is 31.2 Å². The lowest BCUT2D eigenvalue weighted by molar-refractivity contribution is -0.298. The third kappa shape index (κ3) is 7.81. The van der Waals surface area contributed by atoms with Crippen LogP contribution in [0.3, 0.4) is 0 Å². The van der Waals surface area contributed by atoms with Gasteiger partial charge in [-0.3, -0.25) is 0 Å². The molecule has 0 aromatic heterocycles. The lowest BCUT2D eigenvalue weighted by Gasteiger charge is -2.41. The van der Waals surface area contributed by atoms with Crippen LogP contribution in [0.25, 0.3) is 0 Å². The number of para-hydroxylation sites is 1. The van der Waals surface area contributed by atoms with Crippen molar-refractivity contribution in [3.05, 3.63) is 30.3 Å². The van der Waals surface area contributed by atoms with Crippen LogP contribution < -0.4 is 4.74 Å². The predicted octanol–water partition coefficient (Wildman–Crippen LogP) is 2.55. The first-order chi connectivity index (χ1) is 14.1. The number of ether oxygens (including phenoxy) is 4. The molecule has 0 saturated carbocycles. The summed E-state index contributed by atoms with van der Waals surface area (Å²) >= 11 is 5.12. The molecule has 5 atom stereocenters. The average Bonchev–Trinajstić information content (AvgIpc) is 2.72. The molecule has 1 aromatic carbocycles. The molecule has 8 heteroatoms. The van der Waals surface area contributed by atoms with Gasteiger partial charge in [0, 0.05) is 18.8 Å². The summed E-state index contributed by atoms with van der Waals surface area (Å²) in [6.07, 6.45) is 0.898. The van der Waals surface area contributed by atoms with Gasteiger partial charge in [0.15, 0.2) is 12.4 Å². The molecule has 0 bridgehead atoms. The van der Waals surface area contributed by atoms with E-state index in [2.05, 4.69) is 6.92 Å². The van der Waals surface area contributed by atoms with Crippen molar-refractivity contribution in [1.82, 2.24) is 0 Å². The van der Waals surface area contributed by atoms with Crippen molar-refractivity contribution in [2.75, 3.05) is 13.2 Å². The molecule has 0 amide bonds. The third-order valence-electron chi connectivity index (χ3n) is 4.78. The lowest BCUT2D eigenvalue weighted by Crippen LogP contribution is -2.60. The van der Waals surface area contributed by atoms with E-state index in [1.54, 1.807) is 24.3 Å². The van der Waals surface area contributed by atoms with Gasteiger partial charge in [-0.25, -0.2) is 0 Å². The lowest BCUT2D eigenvalue weighted by atomic mass is 9.99. The molecule has 3 N–H and O–H groups in total. The van der Waals surface area contributed by atoms with Gasteiger partial charge < -0.3 is 34.3 Å². The Labute approximate surface area is 177 Å². The molecule has 0 unspecified atom stereocenters. The quantitative estimate of drug-likeness (QED) is 0.365. The van der Waals surface area contributed by atoms with Crippen LogP contribution in [0, 0.1) is 0 Å². The zero-order valence-electron chi connectivity index (χ0n) is 16.8. The second-order valence-corrected chi connectivity index (χ2v) is 7.43. The van der Waals surface area contributed by atoms with E-state index >= 15 is 0 Å². The molecule has 1 aromatic rings. The Hall–Kier alpha value is -1.29. The van der Waals surface area contributed by atoms with Crippen molar-refractivity contribution >= 4 is 17.5 Å². The van der Waals surface area contributed by atoms with Crippen LogP contribution in [-0.4, -0.2) is 64.5 Å². The summed E-state index contributed by atoms with van der Waals surface area (Å²) in [6.45, 7) is 2.13. The van der Waals surface area contributed by atoms with Gasteiger partial charge in [-0.05, 0) is 18.6 Å². The van der Waals surface area contributed by atoms with Gasteiger partial charge in [-0.1, -0.05) is 57.2 Å². The van der Waals surface area contributed by atoms with Crippen LogP contribution in [-0.2, 0) is 14.2 Å². The minimum absolute atomic E-state index is 0.216. The Morgan fingerprint density at radius 1 is 1.03 bits per heavy atom. The van der Waals surface area contributed by atoms with Gasteiger partial charge in [-0.15, -0.1) is 0 Å². The highest BCUT2D eigenvalue weighted by Crippen LogP contribution is 2.25. The first kappa shape index (κ1) is 24.0. The van der Waals surface area contributed by atoms with Gasteiger partial charge in [0.25, 0.3) is 0 Å². The largest absolute Gasteiger partial charge is 0.445 e. The number of thiocarbonyl (C=S) groups is 1. The Balaban J connectivity index is 1.90. The van der Waals surface area contributed by atoms with Crippen LogP contribution >= 0.6 is 12.2 Å². The summed E-state index contributed by atoms with van der Waals surface area (Å²) in [5, 5.41) is 29.8. The van der Waals surface area contributed by atoms with E-state index in [1.807, 2.05) is 6.07 Å². The van der Waals surface area contributed by atoms with Crippen LogP contribution in [0.15, 0.2) is 30.3 Å². The summed E-state index contributed by atoms with van der Waals surface area (Å²) in [5.74, 6) is 0.488. The fraction of sp³-hybridized carbons (Fsp3) is 0.667. The van der Waals surface area contributed by atoms with E-state index in [9.17, 15) is 15.3 Å². The molecule has 1 aliphatic heterocycles. The van der Waals surface area contributed by atoms with Crippen molar-refractivity contribution < 1.29 is 34.3 Å². The van der Waals surface area contributed by atoms with Gasteiger partial charge in [0.2, 0.25) is 0 Å². The number of benzene rings is 1. The zero-order chi connectivity index (χ0) is 21.1. The predicted molar refractivity (Wildman–Crippen MR) is 112 cm³/mol. The summed E-state index contributed by atoms with van der Waals surface area (Å²) in [4.78, 5) is 0. The van der Waals surface area contributed by atoms with E-state index in [-0.39, 0.29) is 5.24 Å². The minimum Gasteiger partial charge on any atom is -0.445 e. The molecule has 1 saturated heterocycles. The molecular formula is C21H32O7S. The van der Waals surface area contributed by atoms with Crippen molar-refractivity contribution in [2.24, 2.45) is 0 Å². The fourth-order valence-electron chi connectivity index (χ4n) is 3.12. The molecule has 1 fully saturated rings. The SMILES string of the molecule is CCCCCCCCO[C@H]1O[C@H](CO)[C@@H](O)[C@H](O)[C@H]1OC(=S)Oc1ccccc1. The Morgan fingerprint density at radius 2 is 1.72 bits per heavy atom. The molecule has 0 radical (unpaired) electrons. The van der Waals surface area contributed by atoms with Crippen molar-refractivity contribution in [3.8, 4) is 5.75 Å². The molecule has 164 valence electrons. The zero-order valence-corrected chi connectivity index (χ0v) is 17.6. The van der Waals surface area contributed by atoms with E-state index in [0.717, 1.165) is 19.3 Å².